The third-order valence-corrected chi connectivity index (χ3v) is 18.1. The molecule has 12 rings (SSSR count). The monoisotopic (exact) mass is 1070 g/mol. The van der Waals surface area contributed by atoms with Gasteiger partial charge in [0, 0.05) is 81.7 Å². The van der Waals surface area contributed by atoms with Gasteiger partial charge in [0.25, 0.3) is 0 Å². The van der Waals surface area contributed by atoms with E-state index in [-0.39, 0.29) is 0 Å². The fraction of sp³-hybridized carbons (Fsp3) is 0.229. The Kier molecular flexibility index (Phi) is 12.1. The molecule has 4 aliphatic heterocycles. The number of rotatable bonds is 9. The summed E-state index contributed by atoms with van der Waals surface area (Å²) in [6.45, 7) is 26.9. The minimum atomic E-state index is -3.27. The van der Waals surface area contributed by atoms with Crippen molar-refractivity contribution in [3.63, 3.8) is 0 Å². The molecule has 6 aromatic carbocycles. The maximum Gasteiger partial charge on any atom is 0.565 e. The van der Waals surface area contributed by atoms with Crippen molar-refractivity contribution in [1.29, 1.82) is 0 Å². The Morgan fingerprint density at radius 1 is 0.312 bits per heavy atom. The standard InChI is InChI=1S/C70H66F4N6/c1-39-15-27-57(28-16-39)75(61-35-23-55(24-36-61)63-65-45(7)41(3)49(11)77(65)69(71,72)78-50(12)42(4)46(8)66(63)78)59-31-19-53(20-32-59)54-21-33-60(34-22-54)76(58-29-17-40(2)18-30-58)62-37-25-56(26-38-62)64-67-47(9)43(5)51(13)79(67)70(73,74)80-52(14)44(6)48(10)68(64)80/h15-38H,1-14H3/q+2. The Hall–Kier alpha value is -8.50. The quantitative estimate of drug-likeness (QED) is 0.0817. The van der Waals surface area contributed by atoms with Gasteiger partial charge in [-0.25, -0.2) is 9.13 Å². The highest BCUT2D eigenvalue weighted by Crippen LogP contribution is 2.52. The van der Waals surface area contributed by atoms with Crippen LogP contribution in [0.25, 0.3) is 22.3 Å². The summed E-state index contributed by atoms with van der Waals surface area (Å²) < 4.78 is 71.9. The van der Waals surface area contributed by atoms with Crippen molar-refractivity contribution in [2.45, 2.75) is 109 Å². The Bertz CT molecular complexity index is 3860. The summed E-state index contributed by atoms with van der Waals surface area (Å²) in [5.74, 6) is 0. The predicted octanol–water partition coefficient (Wildman–Crippen LogP) is 18.6. The molecule has 0 bridgehead atoms. The second-order valence-electron chi connectivity index (χ2n) is 22.4. The smallest absolute Gasteiger partial charge is 0.311 e. The summed E-state index contributed by atoms with van der Waals surface area (Å²) in [4.78, 5) is 4.46. The van der Waals surface area contributed by atoms with E-state index in [0.717, 1.165) is 123 Å². The van der Waals surface area contributed by atoms with E-state index in [0.29, 0.717) is 45.6 Å². The number of alkyl halides is 4. The van der Waals surface area contributed by atoms with Crippen LogP contribution < -0.4 is 9.80 Å². The number of nitrogens with zero attached hydrogens (tertiary/aromatic N) is 6. The number of fused-ring (bicyclic) bond motifs is 4. The lowest BCUT2D eigenvalue weighted by atomic mass is 9.92. The number of allylic oxidation sites excluding steroid dienone is 4. The summed E-state index contributed by atoms with van der Waals surface area (Å²) in [5, 5.41) is 0. The van der Waals surface area contributed by atoms with Crippen molar-refractivity contribution in [3.05, 3.63) is 247 Å². The Morgan fingerprint density at radius 3 is 0.838 bits per heavy atom. The first-order valence-corrected chi connectivity index (χ1v) is 27.5. The molecule has 0 N–H and O–H groups in total. The van der Waals surface area contributed by atoms with Gasteiger partial charge in [-0.15, -0.1) is 26.7 Å². The Morgan fingerprint density at radius 2 is 0.562 bits per heavy atom. The van der Waals surface area contributed by atoms with Crippen molar-refractivity contribution in [3.8, 4) is 11.1 Å². The first kappa shape index (κ1) is 52.2. The van der Waals surface area contributed by atoms with Crippen LogP contribution >= 0.6 is 0 Å². The number of aromatic nitrogens is 2. The maximum atomic E-state index is 16.8. The van der Waals surface area contributed by atoms with E-state index in [4.69, 9.17) is 0 Å². The van der Waals surface area contributed by atoms with Crippen LogP contribution in [-0.4, -0.2) is 29.7 Å². The molecule has 0 unspecified atom stereocenters. The zero-order chi connectivity index (χ0) is 56.8. The molecule has 0 amide bonds. The second-order valence-corrected chi connectivity index (χ2v) is 22.4. The summed E-state index contributed by atoms with van der Waals surface area (Å²) in [5.41, 5.74) is 24.9. The van der Waals surface area contributed by atoms with Crippen LogP contribution in [0.15, 0.2) is 179 Å². The number of benzene rings is 6. The molecule has 6 heterocycles. The fourth-order valence-electron chi connectivity index (χ4n) is 12.8. The summed E-state index contributed by atoms with van der Waals surface area (Å²) >= 11 is 0. The van der Waals surface area contributed by atoms with Gasteiger partial charge in [0.15, 0.2) is 11.4 Å². The average Bonchev–Trinajstić information content (AvgIpc) is 2.20. The minimum Gasteiger partial charge on any atom is -0.311 e. The first-order valence-electron chi connectivity index (χ1n) is 27.5. The third-order valence-electron chi connectivity index (χ3n) is 18.1. The van der Waals surface area contributed by atoms with Gasteiger partial charge >= 0.3 is 12.3 Å². The van der Waals surface area contributed by atoms with Crippen LogP contribution in [0.5, 0.6) is 0 Å². The SMILES string of the molecule is CC1=C(C)C(C)=[N+]2C1=C(c1ccc(N(c3ccc(C)cc3)c3ccc(-c4ccc(N(c5ccc(C)cc5)c5ccc(C6=C7C(C)=C(C)C(C)=[N+]7C(F)(F)n7c(C)c(C)c(C)c76)cc5)cc4)cc3)cc1)c1c(C)c(C)c(C)n1C2(F)F. The minimum absolute atomic E-state index is 0.558. The van der Waals surface area contributed by atoms with Gasteiger partial charge in [-0.2, -0.15) is 0 Å². The van der Waals surface area contributed by atoms with Crippen molar-refractivity contribution < 1.29 is 26.7 Å². The van der Waals surface area contributed by atoms with E-state index in [1.165, 1.54) is 18.3 Å². The van der Waals surface area contributed by atoms with Gasteiger partial charge in [-0.1, -0.05) is 83.9 Å². The van der Waals surface area contributed by atoms with E-state index in [1.54, 1.807) is 27.7 Å². The van der Waals surface area contributed by atoms with Gasteiger partial charge < -0.3 is 9.80 Å². The van der Waals surface area contributed by atoms with Crippen LogP contribution in [0, 0.1) is 55.4 Å². The van der Waals surface area contributed by atoms with Crippen molar-refractivity contribution >= 4 is 56.7 Å². The molecule has 10 heteroatoms. The molecule has 0 saturated heterocycles. The molecule has 0 fully saturated rings. The molecule has 80 heavy (non-hydrogen) atoms. The molecule has 6 nitrogen and oxygen atoms in total. The maximum absolute atomic E-state index is 16.8. The van der Waals surface area contributed by atoms with E-state index in [1.807, 2.05) is 55.4 Å². The molecule has 2 aromatic heterocycles. The topological polar surface area (TPSA) is 22.4 Å². The number of hydrogen-bond acceptors (Lipinski definition) is 2. The largest absolute Gasteiger partial charge is 0.565 e. The molecular weight excluding hydrogens is 1000 g/mol. The average molecular weight is 1070 g/mol. The van der Waals surface area contributed by atoms with Gasteiger partial charge in [0.05, 0.1) is 22.5 Å². The van der Waals surface area contributed by atoms with Gasteiger partial charge in [0.1, 0.15) is 0 Å². The van der Waals surface area contributed by atoms with Crippen LogP contribution in [0.2, 0.25) is 0 Å². The van der Waals surface area contributed by atoms with Crippen LogP contribution in [0.3, 0.4) is 0 Å². The lowest BCUT2D eigenvalue weighted by Crippen LogP contribution is -2.43. The summed E-state index contributed by atoms with van der Waals surface area (Å²) in [6, 6.07) is 50.8. The lowest BCUT2D eigenvalue weighted by molar-refractivity contribution is -0.676. The van der Waals surface area contributed by atoms with E-state index < -0.39 is 12.3 Å². The highest BCUT2D eigenvalue weighted by Gasteiger charge is 2.60. The second kappa shape index (κ2) is 18.5. The van der Waals surface area contributed by atoms with E-state index in [9.17, 15) is 0 Å². The normalized spacial score (nSPS) is 16.3. The van der Waals surface area contributed by atoms with Gasteiger partial charge in [-0.05, 0) is 200 Å². The van der Waals surface area contributed by atoms with Gasteiger partial charge in [0.2, 0.25) is 11.4 Å². The molecular formula is C70H66F4N6+2. The Labute approximate surface area is 467 Å². The highest BCUT2D eigenvalue weighted by molar-refractivity contribution is 6.01. The van der Waals surface area contributed by atoms with Crippen LogP contribution in [0.4, 0.5) is 51.7 Å². The fourth-order valence-corrected chi connectivity index (χ4v) is 12.8. The van der Waals surface area contributed by atoms with Crippen molar-refractivity contribution in [2.24, 2.45) is 0 Å². The zero-order valence-corrected chi connectivity index (χ0v) is 48.1. The molecule has 0 saturated carbocycles. The van der Waals surface area contributed by atoms with Gasteiger partial charge in [-0.3, -0.25) is 0 Å². The molecule has 8 aromatic rings. The van der Waals surface area contributed by atoms with Crippen molar-refractivity contribution in [1.82, 2.24) is 9.13 Å². The number of halogens is 4. The molecule has 0 radical (unpaired) electrons. The van der Waals surface area contributed by atoms with Crippen molar-refractivity contribution in [2.75, 3.05) is 9.80 Å². The number of aryl methyl sites for hydroxylation is 2. The zero-order valence-electron chi connectivity index (χ0n) is 48.1. The highest BCUT2D eigenvalue weighted by atomic mass is 19.3. The molecule has 402 valence electrons. The molecule has 0 aliphatic carbocycles. The predicted molar refractivity (Wildman–Crippen MR) is 319 cm³/mol. The van der Waals surface area contributed by atoms with E-state index in [2.05, 4.69) is 169 Å². The molecule has 0 spiro atoms. The number of hydrogen-bond donors (Lipinski definition) is 0. The first-order chi connectivity index (χ1) is 38.0. The third kappa shape index (κ3) is 7.57. The molecule has 4 aliphatic rings. The van der Waals surface area contributed by atoms with Crippen LogP contribution in [0.1, 0.15) is 109 Å². The summed E-state index contributed by atoms with van der Waals surface area (Å²) in [7, 11) is 0. The summed E-state index contributed by atoms with van der Waals surface area (Å²) in [6.07, 6.45) is -6.54. The van der Waals surface area contributed by atoms with E-state index >= 15 is 17.6 Å². The van der Waals surface area contributed by atoms with Crippen LogP contribution in [-0.2, 0) is 12.3 Å². The Balaban J connectivity index is 0.883. The number of anilines is 6. The molecule has 0 atom stereocenters. The lowest BCUT2D eigenvalue weighted by Gasteiger charge is -2.28.